The molecule has 0 saturated carbocycles. The van der Waals surface area contributed by atoms with E-state index in [2.05, 4.69) is 4.98 Å². The van der Waals surface area contributed by atoms with Crippen LogP contribution in [0.5, 0.6) is 5.75 Å². The van der Waals surface area contributed by atoms with Gasteiger partial charge in [-0.3, -0.25) is 4.79 Å². The van der Waals surface area contributed by atoms with Crippen LogP contribution in [0.4, 0.5) is 4.39 Å². The van der Waals surface area contributed by atoms with E-state index in [1.54, 1.807) is 55.0 Å². The number of benzene rings is 2. The molecule has 1 aromatic heterocycles. The highest BCUT2D eigenvalue weighted by molar-refractivity contribution is 7.07. The summed E-state index contributed by atoms with van der Waals surface area (Å²) in [6, 6.07) is 13.4. The highest BCUT2D eigenvalue weighted by Crippen LogP contribution is 2.17. The number of amides is 1. The van der Waals surface area contributed by atoms with Crippen LogP contribution in [0.15, 0.2) is 59.4 Å². The lowest BCUT2D eigenvalue weighted by atomic mass is 10.1. The molecule has 0 atom stereocenters. The van der Waals surface area contributed by atoms with Gasteiger partial charge in [-0.1, -0.05) is 18.2 Å². The fourth-order valence-electron chi connectivity index (χ4n) is 2.33. The Balaban J connectivity index is 1.61. The van der Waals surface area contributed by atoms with Crippen LogP contribution in [0.3, 0.4) is 0 Å². The lowest BCUT2D eigenvalue weighted by Crippen LogP contribution is -2.26. The molecule has 0 fully saturated rings. The fourth-order valence-corrected chi connectivity index (χ4v) is 2.88. The van der Waals surface area contributed by atoms with Gasteiger partial charge in [0.1, 0.15) is 18.2 Å². The highest BCUT2D eigenvalue weighted by atomic mass is 32.1. The van der Waals surface area contributed by atoms with Crippen molar-refractivity contribution in [3.8, 4) is 5.75 Å². The maximum atomic E-state index is 13.7. The first-order valence-electron chi connectivity index (χ1n) is 7.72. The van der Waals surface area contributed by atoms with Crippen molar-refractivity contribution in [3.63, 3.8) is 0 Å². The molecule has 2 aromatic carbocycles. The number of halogens is 1. The molecule has 1 heterocycles. The van der Waals surface area contributed by atoms with Crippen molar-refractivity contribution >= 4 is 17.2 Å². The van der Waals surface area contributed by atoms with E-state index in [9.17, 15) is 9.18 Å². The van der Waals surface area contributed by atoms with Gasteiger partial charge in [-0.25, -0.2) is 9.37 Å². The third kappa shape index (κ3) is 4.42. The maximum absolute atomic E-state index is 13.7. The van der Waals surface area contributed by atoms with E-state index in [1.165, 1.54) is 22.3 Å². The second-order valence-electron chi connectivity index (χ2n) is 5.55. The minimum atomic E-state index is -0.312. The number of carbonyl (C=O) groups is 1. The Kier molecular flexibility index (Phi) is 5.40. The Morgan fingerprint density at radius 1 is 1.20 bits per heavy atom. The average Bonchev–Trinajstić information content (AvgIpc) is 3.15. The van der Waals surface area contributed by atoms with Crippen molar-refractivity contribution in [3.05, 3.63) is 82.1 Å². The van der Waals surface area contributed by atoms with Crippen LogP contribution >= 0.6 is 11.3 Å². The van der Waals surface area contributed by atoms with Gasteiger partial charge in [-0.05, 0) is 30.3 Å². The average molecular weight is 356 g/mol. The molecular formula is C19H17FN2O2S. The molecule has 0 unspecified atom stereocenters. The predicted octanol–water partition coefficient (Wildman–Crippen LogP) is 4.13. The van der Waals surface area contributed by atoms with E-state index < -0.39 is 0 Å². The highest BCUT2D eigenvalue weighted by Gasteiger charge is 2.13. The second-order valence-corrected chi connectivity index (χ2v) is 6.26. The molecule has 0 aliphatic carbocycles. The Morgan fingerprint density at radius 3 is 2.64 bits per heavy atom. The first-order valence-corrected chi connectivity index (χ1v) is 8.66. The summed E-state index contributed by atoms with van der Waals surface area (Å²) in [6.45, 7) is 0.609. The van der Waals surface area contributed by atoms with Gasteiger partial charge in [0, 0.05) is 30.1 Å². The number of rotatable bonds is 6. The number of thiazole rings is 1. The fraction of sp³-hybridized carbons (Fsp3) is 0.158. The Labute approximate surface area is 149 Å². The maximum Gasteiger partial charge on any atom is 0.253 e. The van der Waals surface area contributed by atoms with Crippen LogP contribution in [0.2, 0.25) is 0 Å². The van der Waals surface area contributed by atoms with Gasteiger partial charge in [0.2, 0.25) is 0 Å². The SMILES string of the molecule is CN(Cc1ccccc1F)C(=O)c1ccc(OCc2cscn2)cc1. The molecule has 0 saturated heterocycles. The molecule has 3 rings (SSSR count). The van der Waals surface area contributed by atoms with Gasteiger partial charge in [0.25, 0.3) is 5.91 Å². The molecule has 0 bridgehead atoms. The summed E-state index contributed by atoms with van der Waals surface area (Å²) in [6.07, 6.45) is 0. The zero-order valence-corrected chi connectivity index (χ0v) is 14.5. The van der Waals surface area contributed by atoms with Gasteiger partial charge in [-0.2, -0.15) is 0 Å². The number of aromatic nitrogens is 1. The van der Waals surface area contributed by atoms with Gasteiger partial charge >= 0.3 is 0 Å². The van der Waals surface area contributed by atoms with E-state index in [0.29, 0.717) is 23.5 Å². The van der Waals surface area contributed by atoms with Crippen LogP contribution in [-0.4, -0.2) is 22.8 Å². The summed E-state index contributed by atoms with van der Waals surface area (Å²) in [5, 5.41) is 1.93. The lowest BCUT2D eigenvalue weighted by molar-refractivity contribution is 0.0784. The van der Waals surface area contributed by atoms with Crippen LogP contribution < -0.4 is 4.74 Å². The van der Waals surface area contributed by atoms with Crippen LogP contribution in [-0.2, 0) is 13.2 Å². The van der Waals surface area contributed by atoms with Crippen molar-refractivity contribution in [2.75, 3.05) is 7.05 Å². The van der Waals surface area contributed by atoms with Crippen molar-refractivity contribution in [2.24, 2.45) is 0 Å². The number of carbonyl (C=O) groups excluding carboxylic acids is 1. The first kappa shape index (κ1) is 17.1. The Bertz CT molecular complexity index is 835. The third-order valence-electron chi connectivity index (χ3n) is 3.68. The second kappa shape index (κ2) is 7.90. The summed E-state index contributed by atoms with van der Waals surface area (Å²) in [5.41, 5.74) is 3.64. The van der Waals surface area contributed by atoms with E-state index >= 15 is 0 Å². The van der Waals surface area contributed by atoms with Crippen molar-refractivity contribution in [1.29, 1.82) is 0 Å². The number of ether oxygens (including phenoxy) is 1. The molecule has 128 valence electrons. The summed E-state index contributed by atoms with van der Waals surface area (Å²) in [7, 11) is 1.65. The zero-order valence-electron chi connectivity index (χ0n) is 13.7. The van der Waals surface area contributed by atoms with E-state index in [1.807, 2.05) is 5.38 Å². The van der Waals surface area contributed by atoms with Crippen molar-refractivity contribution < 1.29 is 13.9 Å². The summed E-state index contributed by atoms with van der Waals surface area (Å²) in [4.78, 5) is 18.1. The molecular weight excluding hydrogens is 339 g/mol. The normalized spacial score (nSPS) is 10.5. The molecule has 1 amide bonds. The Hall–Kier alpha value is -2.73. The quantitative estimate of drug-likeness (QED) is 0.667. The number of nitrogens with zero attached hydrogens (tertiary/aromatic N) is 2. The van der Waals surface area contributed by atoms with Gasteiger partial charge in [0.05, 0.1) is 11.2 Å². The third-order valence-corrected chi connectivity index (χ3v) is 4.32. The van der Waals surface area contributed by atoms with Crippen LogP contribution in [0.1, 0.15) is 21.6 Å². The molecule has 0 N–H and O–H groups in total. The zero-order chi connectivity index (χ0) is 17.6. The lowest BCUT2D eigenvalue weighted by Gasteiger charge is -2.18. The van der Waals surface area contributed by atoms with Crippen LogP contribution in [0.25, 0.3) is 0 Å². The standard InChI is InChI=1S/C19H17FN2O2S/c1-22(10-15-4-2-3-5-18(15)20)19(23)14-6-8-17(9-7-14)24-11-16-12-25-13-21-16/h2-9,12-13H,10-11H2,1H3. The number of hydrogen-bond donors (Lipinski definition) is 0. The predicted molar refractivity (Wildman–Crippen MR) is 95.1 cm³/mol. The first-order chi connectivity index (χ1) is 12.1. The summed E-state index contributed by atoms with van der Waals surface area (Å²) < 4.78 is 19.3. The number of hydrogen-bond acceptors (Lipinski definition) is 4. The Morgan fingerprint density at radius 2 is 1.96 bits per heavy atom. The summed E-state index contributed by atoms with van der Waals surface area (Å²) in [5.74, 6) is 0.184. The molecule has 0 radical (unpaired) electrons. The molecule has 25 heavy (non-hydrogen) atoms. The smallest absolute Gasteiger partial charge is 0.253 e. The molecule has 0 spiro atoms. The minimum absolute atomic E-state index is 0.172. The van der Waals surface area contributed by atoms with Crippen molar-refractivity contribution in [1.82, 2.24) is 9.88 Å². The van der Waals surface area contributed by atoms with E-state index in [4.69, 9.17) is 4.74 Å². The van der Waals surface area contributed by atoms with E-state index in [0.717, 1.165) is 5.69 Å². The molecule has 6 heteroatoms. The molecule has 0 aliphatic heterocycles. The van der Waals surface area contributed by atoms with Crippen LogP contribution in [0, 0.1) is 5.82 Å². The molecule has 0 aliphatic rings. The van der Waals surface area contributed by atoms with Gasteiger partial charge in [0.15, 0.2) is 0 Å². The van der Waals surface area contributed by atoms with Gasteiger partial charge < -0.3 is 9.64 Å². The summed E-state index contributed by atoms with van der Waals surface area (Å²) >= 11 is 1.52. The molecule has 4 nitrogen and oxygen atoms in total. The monoisotopic (exact) mass is 356 g/mol. The van der Waals surface area contributed by atoms with Crippen molar-refractivity contribution in [2.45, 2.75) is 13.2 Å². The topological polar surface area (TPSA) is 42.4 Å². The largest absolute Gasteiger partial charge is 0.487 e. The molecule has 3 aromatic rings. The van der Waals surface area contributed by atoms with Gasteiger partial charge in [-0.15, -0.1) is 11.3 Å². The minimum Gasteiger partial charge on any atom is -0.487 e. The van der Waals surface area contributed by atoms with E-state index in [-0.39, 0.29) is 18.3 Å².